The van der Waals surface area contributed by atoms with Crippen molar-refractivity contribution in [3.05, 3.63) is 23.4 Å². The van der Waals surface area contributed by atoms with Crippen molar-refractivity contribution in [2.24, 2.45) is 10.8 Å². The molecule has 2 fully saturated rings. The monoisotopic (exact) mass is 367 g/mol. The van der Waals surface area contributed by atoms with E-state index in [1.165, 1.54) is 17.5 Å². The van der Waals surface area contributed by atoms with Crippen LogP contribution >= 0.6 is 0 Å². The highest BCUT2D eigenvalue weighted by Crippen LogP contribution is 2.61. The Morgan fingerprint density at radius 2 is 1.80 bits per heavy atom. The molecule has 0 radical (unpaired) electrons. The number of Topliss-reactive ketones (excluding diaryl/α,β-unsaturated/α-hetero) is 1. The first-order valence-electron chi connectivity index (χ1n) is 9.27. The predicted octanol–water partition coefficient (Wildman–Crippen LogP) is 3.74. The van der Waals surface area contributed by atoms with Crippen LogP contribution < -0.4 is 0 Å². The third-order valence-electron chi connectivity index (χ3n) is 6.38. The van der Waals surface area contributed by atoms with Crippen molar-refractivity contribution in [3.8, 4) is 0 Å². The summed E-state index contributed by atoms with van der Waals surface area (Å²) in [5, 5.41) is 0. The van der Waals surface area contributed by atoms with Gasteiger partial charge in [0.15, 0.2) is 0 Å². The highest BCUT2D eigenvalue weighted by atomic mass is 32.2. The van der Waals surface area contributed by atoms with E-state index in [1.54, 1.807) is 0 Å². The number of sulfone groups is 1. The lowest BCUT2D eigenvalue weighted by Crippen LogP contribution is -2.52. The number of allylic oxidation sites excluding steroid dienone is 3. The highest BCUT2D eigenvalue weighted by molar-refractivity contribution is 7.90. The van der Waals surface area contributed by atoms with E-state index in [9.17, 15) is 13.2 Å². The average Bonchev–Trinajstić information content (AvgIpc) is 2.71. The molecule has 0 amide bonds. The van der Waals surface area contributed by atoms with Crippen LogP contribution in [-0.2, 0) is 14.6 Å². The largest absolute Gasteiger partial charge is 0.367 e. The smallest absolute Gasteiger partial charge is 0.147 e. The van der Waals surface area contributed by atoms with Gasteiger partial charge in [-0.3, -0.25) is 4.79 Å². The molecule has 1 saturated carbocycles. The van der Waals surface area contributed by atoms with Crippen LogP contribution in [0.3, 0.4) is 0 Å². The summed E-state index contributed by atoms with van der Waals surface area (Å²) >= 11 is 0. The Bertz CT molecular complexity index is 702. The fourth-order valence-corrected chi connectivity index (χ4v) is 5.59. The topological polar surface area (TPSA) is 54.5 Å². The first-order chi connectivity index (χ1) is 11.5. The van der Waals surface area contributed by atoms with Crippen LogP contribution in [0.25, 0.3) is 0 Å². The zero-order chi connectivity index (χ0) is 19.0. The van der Waals surface area contributed by atoms with Crippen molar-refractivity contribution >= 4 is 15.6 Å². The van der Waals surface area contributed by atoms with Gasteiger partial charge in [0, 0.05) is 48.5 Å². The molecule has 0 spiro atoms. The second-order valence-corrected chi connectivity index (χ2v) is 10.7. The maximum absolute atomic E-state index is 12.4. The lowest BCUT2D eigenvalue weighted by atomic mass is 9.54. The number of nitrogens with zero attached hydrogens (tertiary/aromatic N) is 1. The Balaban J connectivity index is 2.31. The Morgan fingerprint density at radius 1 is 1.16 bits per heavy atom. The van der Waals surface area contributed by atoms with Crippen molar-refractivity contribution in [1.82, 2.24) is 4.90 Å². The summed E-state index contributed by atoms with van der Waals surface area (Å²) < 4.78 is 22.7. The van der Waals surface area contributed by atoms with Gasteiger partial charge in [-0.05, 0) is 37.7 Å². The van der Waals surface area contributed by atoms with Gasteiger partial charge in [0.05, 0.1) is 0 Å². The van der Waals surface area contributed by atoms with Crippen LogP contribution in [0.1, 0.15) is 60.3 Å². The van der Waals surface area contributed by atoms with E-state index in [4.69, 9.17) is 0 Å². The Hall–Kier alpha value is -1.10. The van der Waals surface area contributed by atoms with Gasteiger partial charge in [-0.15, -0.1) is 0 Å². The maximum Gasteiger partial charge on any atom is 0.147 e. The van der Waals surface area contributed by atoms with Crippen molar-refractivity contribution in [2.75, 3.05) is 18.6 Å². The second-order valence-electron chi connectivity index (χ2n) is 8.43. The van der Waals surface area contributed by atoms with Crippen molar-refractivity contribution in [3.63, 3.8) is 0 Å². The van der Waals surface area contributed by atoms with Gasteiger partial charge in [-0.25, -0.2) is 8.42 Å². The first kappa shape index (κ1) is 20.2. The number of hydrogen-bond acceptors (Lipinski definition) is 4. The summed E-state index contributed by atoms with van der Waals surface area (Å²) in [5.41, 5.74) is 2.40. The number of carbonyl (C=O) groups is 1. The molecule has 0 aromatic heterocycles. The zero-order valence-corrected chi connectivity index (χ0v) is 17.4. The summed E-state index contributed by atoms with van der Waals surface area (Å²) in [6, 6.07) is 0.166. The number of unbranched alkanes of at least 4 members (excludes halogenated alkanes) is 1. The van der Waals surface area contributed by atoms with Crippen molar-refractivity contribution in [1.29, 1.82) is 0 Å². The quantitative estimate of drug-likeness (QED) is 0.695. The average molecular weight is 368 g/mol. The van der Waals surface area contributed by atoms with Gasteiger partial charge in [0.1, 0.15) is 15.6 Å². The number of hydrogen-bond donors (Lipinski definition) is 0. The van der Waals surface area contributed by atoms with Crippen LogP contribution in [-0.4, -0.2) is 43.7 Å². The van der Waals surface area contributed by atoms with Crippen LogP contribution in [0.15, 0.2) is 23.4 Å². The van der Waals surface area contributed by atoms with E-state index >= 15 is 0 Å². The van der Waals surface area contributed by atoms with Crippen molar-refractivity contribution in [2.45, 2.75) is 66.3 Å². The molecule has 0 bridgehead atoms. The standard InChI is InChI=1S/C20H33NO3S/c1-7-16-17(8-2)21(11-9-10-12-25(6,23)24)18-13-15(22)14-19(3,4)20(16,18)5/h7-8,18H,9-14H2,1-6H3. The highest BCUT2D eigenvalue weighted by Gasteiger charge is 2.60. The minimum Gasteiger partial charge on any atom is -0.367 e. The summed E-state index contributed by atoms with van der Waals surface area (Å²) in [6.45, 7) is 11.7. The van der Waals surface area contributed by atoms with Crippen LogP contribution in [0.4, 0.5) is 0 Å². The Labute approximate surface area is 153 Å². The molecule has 1 aliphatic carbocycles. The number of carbonyl (C=O) groups excluding carboxylic acids is 1. The molecule has 0 aromatic rings. The predicted molar refractivity (Wildman–Crippen MR) is 103 cm³/mol. The molecule has 1 aliphatic heterocycles. The molecule has 0 aromatic carbocycles. The molecule has 2 atom stereocenters. The van der Waals surface area contributed by atoms with E-state index < -0.39 is 9.84 Å². The molecule has 2 aliphatic rings. The Kier molecular flexibility index (Phi) is 5.58. The molecule has 4 nitrogen and oxygen atoms in total. The van der Waals surface area contributed by atoms with E-state index in [0.29, 0.717) is 25.0 Å². The van der Waals surface area contributed by atoms with Gasteiger partial charge < -0.3 is 4.90 Å². The van der Waals surface area contributed by atoms with Crippen molar-refractivity contribution < 1.29 is 13.2 Å². The van der Waals surface area contributed by atoms with Gasteiger partial charge >= 0.3 is 0 Å². The van der Waals surface area contributed by atoms with Crippen LogP contribution in [0.2, 0.25) is 0 Å². The molecule has 0 N–H and O–H groups in total. The van der Waals surface area contributed by atoms with Gasteiger partial charge in [0.2, 0.25) is 0 Å². The third-order valence-corrected chi connectivity index (χ3v) is 7.41. The van der Waals surface area contributed by atoms with Crippen LogP contribution in [0.5, 0.6) is 0 Å². The van der Waals surface area contributed by atoms with E-state index in [2.05, 4.69) is 51.7 Å². The molecule has 25 heavy (non-hydrogen) atoms. The molecule has 2 rings (SSSR count). The summed E-state index contributed by atoms with van der Waals surface area (Å²) in [6.07, 6.45) is 8.34. The molecular weight excluding hydrogens is 334 g/mol. The van der Waals surface area contributed by atoms with E-state index in [0.717, 1.165) is 13.0 Å². The molecule has 5 heteroatoms. The number of fused-ring (bicyclic) bond motifs is 1. The van der Waals surface area contributed by atoms with Gasteiger partial charge in [-0.1, -0.05) is 32.9 Å². The van der Waals surface area contributed by atoms with E-state index in [1.807, 2.05) is 0 Å². The third kappa shape index (κ3) is 3.57. The number of likely N-dealkylation sites (tertiary alicyclic amines) is 1. The Morgan fingerprint density at radius 3 is 2.32 bits per heavy atom. The summed E-state index contributed by atoms with van der Waals surface area (Å²) in [4.78, 5) is 14.8. The minimum atomic E-state index is -2.92. The molecule has 1 saturated heterocycles. The van der Waals surface area contributed by atoms with Gasteiger partial charge in [0.25, 0.3) is 0 Å². The fraction of sp³-hybridized carbons (Fsp3) is 0.750. The molecule has 1 heterocycles. The molecular formula is C20H33NO3S. The molecule has 142 valence electrons. The van der Waals surface area contributed by atoms with Gasteiger partial charge in [-0.2, -0.15) is 0 Å². The summed E-state index contributed by atoms with van der Waals surface area (Å²) in [5.74, 6) is 0.566. The number of ketones is 1. The zero-order valence-electron chi connectivity index (χ0n) is 16.6. The fourth-order valence-electron chi connectivity index (χ4n) is 4.87. The first-order valence-corrected chi connectivity index (χ1v) is 11.3. The normalized spacial score (nSPS) is 32.5. The van der Waals surface area contributed by atoms with Crippen LogP contribution in [0, 0.1) is 10.8 Å². The maximum atomic E-state index is 12.4. The number of rotatable bonds is 5. The lowest BCUT2D eigenvalue weighted by molar-refractivity contribution is -0.130. The molecule has 2 unspecified atom stereocenters. The summed E-state index contributed by atoms with van der Waals surface area (Å²) in [7, 11) is -2.92. The lowest BCUT2D eigenvalue weighted by Gasteiger charge is -2.50. The minimum absolute atomic E-state index is 0.0612. The second kappa shape index (κ2) is 6.90. The SMILES string of the molecule is CC=C1C(=CC)C2(C)C(CC(=O)CC2(C)C)N1CCCCS(C)(=O)=O. The van der Waals surface area contributed by atoms with E-state index in [-0.39, 0.29) is 22.6 Å².